The van der Waals surface area contributed by atoms with Crippen molar-refractivity contribution < 1.29 is 18.0 Å². The number of benzene rings is 1. The predicted octanol–water partition coefficient (Wildman–Crippen LogP) is 3.74. The molecule has 0 spiro atoms. The highest BCUT2D eigenvalue weighted by Gasteiger charge is 2.28. The van der Waals surface area contributed by atoms with Crippen molar-refractivity contribution >= 4 is 21.8 Å². The number of hydrogen-bond acceptors (Lipinski definition) is 1. The molecule has 1 atom stereocenters. The zero-order valence-corrected chi connectivity index (χ0v) is 12.4. The van der Waals surface area contributed by atoms with Gasteiger partial charge in [0.2, 0.25) is 0 Å². The van der Waals surface area contributed by atoms with Gasteiger partial charge in [-0.1, -0.05) is 15.9 Å². The van der Waals surface area contributed by atoms with Gasteiger partial charge in [0.05, 0.1) is 0 Å². The molecular weight excluding hydrogens is 335 g/mol. The molecule has 0 bridgehead atoms. The zero-order chi connectivity index (χ0) is 14.7. The van der Waals surface area contributed by atoms with E-state index < -0.39 is 28.9 Å². The second-order valence-corrected chi connectivity index (χ2v) is 5.77. The maximum absolute atomic E-state index is 13.6. The lowest BCUT2D eigenvalue weighted by Gasteiger charge is -2.32. The number of amides is 1. The van der Waals surface area contributed by atoms with Crippen LogP contribution in [0.15, 0.2) is 12.1 Å². The first kappa shape index (κ1) is 15.4. The minimum Gasteiger partial charge on any atom is -0.338 e. The lowest BCUT2D eigenvalue weighted by Crippen LogP contribution is -2.40. The molecule has 1 saturated heterocycles. The fourth-order valence-electron chi connectivity index (χ4n) is 2.54. The third-order valence-corrected chi connectivity index (χ3v) is 4.00. The van der Waals surface area contributed by atoms with Gasteiger partial charge in [0, 0.05) is 30.6 Å². The van der Waals surface area contributed by atoms with Gasteiger partial charge in [-0.15, -0.1) is 0 Å². The SMILES string of the molecule is O=C(c1c(F)cc(F)cc1F)N1CCCC(CCBr)C1. The topological polar surface area (TPSA) is 20.3 Å². The van der Waals surface area contributed by atoms with E-state index in [0.717, 1.165) is 24.6 Å². The van der Waals surface area contributed by atoms with E-state index in [4.69, 9.17) is 0 Å². The van der Waals surface area contributed by atoms with E-state index >= 15 is 0 Å². The Morgan fingerprint density at radius 1 is 1.30 bits per heavy atom. The summed E-state index contributed by atoms with van der Waals surface area (Å²) in [5.41, 5.74) is -0.661. The second-order valence-electron chi connectivity index (χ2n) is 4.98. The Hall–Kier alpha value is -1.04. The first-order chi connectivity index (χ1) is 9.52. The maximum atomic E-state index is 13.6. The van der Waals surface area contributed by atoms with Gasteiger partial charge in [-0.05, 0) is 25.2 Å². The quantitative estimate of drug-likeness (QED) is 0.761. The van der Waals surface area contributed by atoms with Crippen LogP contribution in [0.1, 0.15) is 29.6 Å². The normalized spacial score (nSPS) is 19.2. The number of piperidine rings is 1. The van der Waals surface area contributed by atoms with Gasteiger partial charge < -0.3 is 4.90 Å². The highest BCUT2D eigenvalue weighted by atomic mass is 79.9. The number of carbonyl (C=O) groups is 1. The number of nitrogens with zero attached hydrogens (tertiary/aromatic N) is 1. The summed E-state index contributed by atoms with van der Waals surface area (Å²) in [6, 6.07) is 1.08. The molecule has 0 saturated carbocycles. The molecule has 1 aromatic carbocycles. The lowest BCUT2D eigenvalue weighted by molar-refractivity contribution is 0.0662. The average molecular weight is 350 g/mol. The predicted molar refractivity (Wildman–Crippen MR) is 73.4 cm³/mol. The summed E-state index contributed by atoms with van der Waals surface area (Å²) in [6.07, 6.45) is 2.73. The average Bonchev–Trinajstić information content (AvgIpc) is 2.38. The minimum atomic E-state index is -1.14. The van der Waals surface area contributed by atoms with Gasteiger partial charge in [-0.3, -0.25) is 4.79 Å². The van der Waals surface area contributed by atoms with E-state index in [1.54, 1.807) is 0 Å². The third kappa shape index (κ3) is 3.34. The van der Waals surface area contributed by atoms with Gasteiger partial charge in [0.15, 0.2) is 0 Å². The standard InChI is InChI=1S/C14H15BrF3NO/c15-4-3-9-2-1-5-19(8-9)14(20)13-11(17)6-10(16)7-12(13)18/h6-7,9H,1-5,8H2. The van der Waals surface area contributed by atoms with Crippen LogP contribution in [0.25, 0.3) is 0 Å². The highest BCUT2D eigenvalue weighted by molar-refractivity contribution is 9.09. The van der Waals surface area contributed by atoms with Gasteiger partial charge in [-0.25, -0.2) is 13.2 Å². The van der Waals surface area contributed by atoms with Crippen LogP contribution in [0.2, 0.25) is 0 Å². The number of likely N-dealkylation sites (tertiary alicyclic amines) is 1. The van der Waals surface area contributed by atoms with Crippen LogP contribution in [0.4, 0.5) is 13.2 Å². The molecule has 0 aliphatic carbocycles. The number of halogens is 4. The van der Waals surface area contributed by atoms with Crippen LogP contribution in [0.5, 0.6) is 0 Å². The molecule has 1 unspecified atom stereocenters. The molecule has 1 aliphatic heterocycles. The summed E-state index contributed by atoms with van der Waals surface area (Å²) in [5, 5.41) is 0.832. The highest BCUT2D eigenvalue weighted by Crippen LogP contribution is 2.24. The Kier molecular flexibility index (Phi) is 5.07. The summed E-state index contributed by atoms with van der Waals surface area (Å²) in [5.74, 6) is -3.67. The molecule has 2 rings (SSSR count). The molecule has 0 aromatic heterocycles. The Labute approximate surface area is 124 Å². The van der Waals surface area contributed by atoms with Gasteiger partial charge in [0.25, 0.3) is 5.91 Å². The lowest BCUT2D eigenvalue weighted by atomic mass is 9.95. The van der Waals surface area contributed by atoms with E-state index in [2.05, 4.69) is 15.9 Å². The summed E-state index contributed by atoms with van der Waals surface area (Å²) in [6.45, 7) is 0.967. The van der Waals surface area contributed by atoms with E-state index in [-0.39, 0.29) is 0 Å². The van der Waals surface area contributed by atoms with Crippen molar-refractivity contribution in [2.75, 3.05) is 18.4 Å². The molecule has 6 heteroatoms. The first-order valence-corrected chi connectivity index (χ1v) is 7.65. The number of hydrogen-bond donors (Lipinski definition) is 0. The Balaban J connectivity index is 2.19. The number of rotatable bonds is 3. The Morgan fingerprint density at radius 2 is 1.95 bits per heavy atom. The van der Waals surface area contributed by atoms with Crippen molar-refractivity contribution in [3.63, 3.8) is 0 Å². The zero-order valence-electron chi connectivity index (χ0n) is 10.8. The monoisotopic (exact) mass is 349 g/mol. The van der Waals surface area contributed by atoms with E-state index in [9.17, 15) is 18.0 Å². The molecule has 1 fully saturated rings. The maximum Gasteiger partial charge on any atom is 0.259 e. The molecule has 0 N–H and O–H groups in total. The second kappa shape index (κ2) is 6.61. The van der Waals surface area contributed by atoms with Crippen molar-refractivity contribution in [2.24, 2.45) is 5.92 Å². The fraction of sp³-hybridized carbons (Fsp3) is 0.500. The fourth-order valence-corrected chi connectivity index (χ4v) is 3.19. The minimum absolute atomic E-state index is 0.332. The molecule has 1 aliphatic rings. The largest absolute Gasteiger partial charge is 0.338 e. The van der Waals surface area contributed by atoms with Crippen molar-refractivity contribution in [1.29, 1.82) is 0 Å². The summed E-state index contributed by atoms with van der Waals surface area (Å²) in [4.78, 5) is 13.7. The van der Waals surface area contributed by atoms with Crippen molar-refractivity contribution in [2.45, 2.75) is 19.3 Å². The van der Waals surface area contributed by atoms with Crippen molar-refractivity contribution in [3.8, 4) is 0 Å². The molecule has 20 heavy (non-hydrogen) atoms. The van der Waals surface area contributed by atoms with Gasteiger partial charge >= 0.3 is 0 Å². The van der Waals surface area contributed by atoms with E-state index in [1.807, 2.05) is 0 Å². The van der Waals surface area contributed by atoms with Gasteiger partial charge in [-0.2, -0.15) is 0 Å². The van der Waals surface area contributed by atoms with E-state index in [1.165, 1.54) is 4.90 Å². The first-order valence-electron chi connectivity index (χ1n) is 6.52. The molecule has 1 aromatic rings. The molecule has 2 nitrogen and oxygen atoms in total. The summed E-state index contributed by atoms with van der Waals surface area (Å²) >= 11 is 3.35. The molecular formula is C14H15BrF3NO. The molecule has 0 radical (unpaired) electrons. The molecule has 1 heterocycles. The third-order valence-electron chi connectivity index (χ3n) is 3.54. The molecule has 110 valence electrons. The van der Waals surface area contributed by atoms with E-state index in [0.29, 0.717) is 31.1 Å². The van der Waals surface area contributed by atoms with Crippen LogP contribution < -0.4 is 0 Å². The van der Waals surface area contributed by atoms with Crippen LogP contribution in [0, 0.1) is 23.4 Å². The van der Waals surface area contributed by atoms with Gasteiger partial charge in [0.1, 0.15) is 23.0 Å². The Bertz CT molecular complexity index is 484. The molecule has 1 amide bonds. The van der Waals surface area contributed by atoms with Crippen molar-refractivity contribution in [1.82, 2.24) is 4.90 Å². The number of alkyl halides is 1. The smallest absolute Gasteiger partial charge is 0.259 e. The number of carbonyl (C=O) groups excluding carboxylic acids is 1. The van der Waals surface area contributed by atoms with Crippen LogP contribution in [0.3, 0.4) is 0 Å². The summed E-state index contributed by atoms with van der Waals surface area (Å²) < 4.78 is 40.1. The van der Waals surface area contributed by atoms with Crippen molar-refractivity contribution in [3.05, 3.63) is 35.1 Å². The van der Waals surface area contributed by atoms with Crippen LogP contribution in [-0.4, -0.2) is 29.2 Å². The van der Waals surface area contributed by atoms with Crippen LogP contribution >= 0.6 is 15.9 Å². The van der Waals surface area contributed by atoms with Crippen LogP contribution in [-0.2, 0) is 0 Å². The summed E-state index contributed by atoms with van der Waals surface area (Å²) in [7, 11) is 0. The Morgan fingerprint density at radius 3 is 2.55 bits per heavy atom.